The Kier molecular flexibility index (Phi) is 66.4. The first-order valence-electron chi connectivity index (χ1n) is 35.6. The first-order valence-corrected chi connectivity index (χ1v) is 35.6. The summed E-state index contributed by atoms with van der Waals surface area (Å²) in [4.78, 5) is 24.5. The Bertz CT molecular complexity index is 1220. The third-order valence-electron chi connectivity index (χ3n) is 16.7. The molecule has 0 aromatic rings. The highest BCUT2D eigenvalue weighted by molar-refractivity contribution is 5.76. The molecule has 0 aliphatic carbocycles. The minimum atomic E-state index is -0.840. The lowest BCUT2D eigenvalue weighted by Gasteiger charge is -2.20. The minimum Gasteiger partial charge on any atom is -0.466 e. The molecule has 1 amide bonds. The fourth-order valence-corrected chi connectivity index (χ4v) is 11.3. The molecule has 0 aliphatic rings. The zero-order valence-electron chi connectivity index (χ0n) is 52.9. The van der Waals surface area contributed by atoms with E-state index in [9.17, 15) is 19.8 Å². The van der Waals surface area contributed by atoms with Gasteiger partial charge in [0.2, 0.25) is 5.91 Å². The molecular formula is C72H139NO5. The topological polar surface area (TPSA) is 95.9 Å². The number of carbonyl (C=O) groups is 2. The summed E-state index contributed by atoms with van der Waals surface area (Å²) in [5.74, 6) is -0.0424. The number of unbranched alkanes of at least 4 members (excludes halogenated alkanes) is 54. The van der Waals surface area contributed by atoms with Crippen LogP contribution in [0.1, 0.15) is 399 Å². The molecule has 2 unspecified atom stereocenters. The van der Waals surface area contributed by atoms with Crippen molar-refractivity contribution in [2.75, 3.05) is 13.2 Å². The van der Waals surface area contributed by atoms with E-state index in [0.29, 0.717) is 19.4 Å². The summed E-state index contributed by atoms with van der Waals surface area (Å²) in [6.07, 6.45) is 85.7. The highest BCUT2D eigenvalue weighted by Gasteiger charge is 2.18. The first-order chi connectivity index (χ1) is 38.5. The number of nitrogens with one attached hydrogen (secondary N) is 1. The number of esters is 1. The summed E-state index contributed by atoms with van der Waals surface area (Å²) in [6.45, 7) is 4.92. The number of aliphatic hydroxyl groups is 2. The van der Waals surface area contributed by atoms with Gasteiger partial charge in [0.1, 0.15) is 0 Å². The van der Waals surface area contributed by atoms with Crippen molar-refractivity contribution >= 4 is 11.9 Å². The van der Waals surface area contributed by atoms with Gasteiger partial charge in [-0.2, -0.15) is 0 Å². The normalized spacial score (nSPS) is 12.6. The molecule has 0 saturated carbocycles. The molecule has 0 fully saturated rings. The molecule has 0 aliphatic heterocycles. The fraction of sp³-hybridized carbons (Fsp3) is 0.917. The van der Waals surface area contributed by atoms with Gasteiger partial charge in [-0.05, 0) is 57.8 Å². The second-order valence-corrected chi connectivity index (χ2v) is 24.6. The predicted octanol–water partition coefficient (Wildman–Crippen LogP) is 22.9. The van der Waals surface area contributed by atoms with Crippen molar-refractivity contribution in [3.8, 4) is 0 Å². The number of aliphatic hydroxyl groups excluding tert-OH is 2. The maximum atomic E-state index is 12.4. The molecule has 0 spiro atoms. The predicted molar refractivity (Wildman–Crippen MR) is 343 cm³/mol. The van der Waals surface area contributed by atoms with Crippen LogP contribution in [0.25, 0.3) is 0 Å². The standard InChI is InChI=1S/C72H139NO5/c1-3-5-7-9-11-13-15-16-17-18-33-37-40-43-46-50-54-58-62-66-72(77)78-67-63-59-55-51-47-44-41-38-35-32-30-28-26-24-22-20-19-21-23-25-27-29-31-34-36-39-42-45-49-53-57-61-65-71(76)73-69(68-74)70(75)64-60-56-52-48-14-12-10-8-6-4-2/h22,24,60,64,69-70,74-75H,3-21,23,25-59,61-63,65-68H2,1-2H3,(H,73,76)/b24-22-,64-60+. The van der Waals surface area contributed by atoms with Gasteiger partial charge in [0, 0.05) is 12.8 Å². The molecule has 78 heavy (non-hydrogen) atoms. The second-order valence-electron chi connectivity index (χ2n) is 24.6. The molecule has 0 saturated heterocycles. The van der Waals surface area contributed by atoms with Crippen LogP contribution in [0.15, 0.2) is 24.3 Å². The maximum absolute atomic E-state index is 12.4. The molecule has 0 heterocycles. The minimum absolute atomic E-state index is 0.0233. The van der Waals surface area contributed by atoms with Crippen molar-refractivity contribution in [3.63, 3.8) is 0 Å². The monoisotopic (exact) mass is 1100 g/mol. The van der Waals surface area contributed by atoms with Gasteiger partial charge in [0.25, 0.3) is 0 Å². The Hall–Kier alpha value is -1.66. The number of allylic oxidation sites excluding steroid dienone is 3. The van der Waals surface area contributed by atoms with E-state index >= 15 is 0 Å². The van der Waals surface area contributed by atoms with Gasteiger partial charge >= 0.3 is 5.97 Å². The van der Waals surface area contributed by atoms with Gasteiger partial charge in [-0.1, -0.05) is 353 Å². The van der Waals surface area contributed by atoms with E-state index in [0.717, 1.165) is 38.5 Å². The summed E-state index contributed by atoms with van der Waals surface area (Å²) in [6, 6.07) is -0.624. The lowest BCUT2D eigenvalue weighted by molar-refractivity contribution is -0.143. The van der Waals surface area contributed by atoms with E-state index in [1.165, 1.54) is 334 Å². The molecule has 6 heteroatoms. The van der Waals surface area contributed by atoms with Gasteiger partial charge in [0.15, 0.2) is 0 Å². The number of amides is 1. The summed E-state index contributed by atoms with van der Waals surface area (Å²) in [5, 5.41) is 23.0. The fourth-order valence-electron chi connectivity index (χ4n) is 11.3. The van der Waals surface area contributed by atoms with E-state index in [4.69, 9.17) is 4.74 Å². The summed E-state index contributed by atoms with van der Waals surface area (Å²) < 4.78 is 5.51. The van der Waals surface area contributed by atoms with E-state index in [1.807, 2.05) is 6.08 Å². The Balaban J connectivity index is 3.32. The molecule has 462 valence electrons. The van der Waals surface area contributed by atoms with Crippen molar-refractivity contribution in [2.45, 2.75) is 411 Å². The third kappa shape index (κ3) is 63.5. The highest BCUT2D eigenvalue weighted by Crippen LogP contribution is 2.19. The second kappa shape index (κ2) is 67.8. The highest BCUT2D eigenvalue weighted by atomic mass is 16.5. The van der Waals surface area contributed by atoms with E-state index in [2.05, 4.69) is 31.3 Å². The molecule has 6 nitrogen and oxygen atoms in total. The molecule has 0 bridgehead atoms. The quantitative estimate of drug-likeness (QED) is 0.0320. The number of rotatable bonds is 67. The average Bonchev–Trinajstić information content (AvgIpc) is 3.44. The van der Waals surface area contributed by atoms with Crippen LogP contribution in [0.4, 0.5) is 0 Å². The van der Waals surface area contributed by atoms with Gasteiger partial charge < -0.3 is 20.3 Å². The Morgan fingerprint density at radius 3 is 0.910 bits per heavy atom. The van der Waals surface area contributed by atoms with Crippen molar-refractivity contribution in [3.05, 3.63) is 24.3 Å². The molecule has 3 N–H and O–H groups in total. The van der Waals surface area contributed by atoms with E-state index in [1.54, 1.807) is 6.08 Å². The molecular weight excluding hydrogens is 959 g/mol. The molecule has 2 atom stereocenters. The molecule has 0 aromatic heterocycles. The zero-order valence-corrected chi connectivity index (χ0v) is 52.9. The van der Waals surface area contributed by atoms with Crippen LogP contribution >= 0.6 is 0 Å². The number of carbonyl (C=O) groups excluding carboxylic acids is 2. The molecule has 0 radical (unpaired) electrons. The van der Waals surface area contributed by atoms with Crippen LogP contribution in [-0.4, -0.2) is 47.4 Å². The van der Waals surface area contributed by atoms with Gasteiger partial charge in [-0.15, -0.1) is 0 Å². The van der Waals surface area contributed by atoms with Crippen LogP contribution in [0.2, 0.25) is 0 Å². The Labute approximate surface area is 488 Å². The van der Waals surface area contributed by atoms with E-state index < -0.39 is 12.1 Å². The lowest BCUT2D eigenvalue weighted by atomic mass is 10.0. The van der Waals surface area contributed by atoms with Crippen LogP contribution in [0.3, 0.4) is 0 Å². The Morgan fingerprint density at radius 1 is 0.346 bits per heavy atom. The van der Waals surface area contributed by atoms with Crippen molar-refractivity contribution in [2.24, 2.45) is 0 Å². The average molecular weight is 1100 g/mol. The summed E-state index contributed by atoms with van der Waals surface area (Å²) >= 11 is 0. The maximum Gasteiger partial charge on any atom is 0.305 e. The Morgan fingerprint density at radius 2 is 0.603 bits per heavy atom. The number of hydrogen-bond acceptors (Lipinski definition) is 5. The van der Waals surface area contributed by atoms with Gasteiger partial charge in [-0.3, -0.25) is 9.59 Å². The molecule has 0 aromatic carbocycles. The smallest absolute Gasteiger partial charge is 0.305 e. The van der Waals surface area contributed by atoms with E-state index in [-0.39, 0.29) is 18.5 Å². The SMILES string of the molecule is CCCCCCCCCC/C=C/C(O)C(CO)NC(=O)CCCCCCCCCCCCCCCCCC/C=C\CCCCCCCCCCCCCCOC(=O)CCCCCCCCCCCCCCCCCCCCC. The van der Waals surface area contributed by atoms with Crippen molar-refractivity contribution in [1.29, 1.82) is 0 Å². The van der Waals surface area contributed by atoms with Crippen LogP contribution in [0, 0.1) is 0 Å². The van der Waals surface area contributed by atoms with Crippen molar-refractivity contribution < 1.29 is 24.5 Å². The summed E-state index contributed by atoms with van der Waals surface area (Å²) in [7, 11) is 0. The largest absolute Gasteiger partial charge is 0.466 e. The first kappa shape index (κ1) is 76.3. The number of hydrogen-bond donors (Lipinski definition) is 3. The third-order valence-corrected chi connectivity index (χ3v) is 16.7. The van der Waals surface area contributed by atoms with Crippen LogP contribution < -0.4 is 5.32 Å². The number of ether oxygens (including phenoxy) is 1. The van der Waals surface area contributed by atoms with Gasteiger partial charge in [0.05, 0.1) is 25.4 Å². The van der Waals surface area contributed by atoms with Gasteiger partial charge in [-0.25, -0.2) is 0 Å². The van der Waals surface area contributed by atoms with Crippen LogP contribution in [0.5, 0.6) is 0 Å². The zero-order chi connectivity index (χ0) is 56.4. The van der Waals surface area contributed by atoms with Crippen LogP contribution in [-0.2, 0) is 14.3 Å². The summed E-state index contributed by atoms with van der Waals surface area (Å²) in [5.41, 5.74) is 0. The van der Waals surface area contributed by atoms with Crippen molar-refractivity contribution in [1.82, 2.24) is 5.32 Å². The molecule has 0 rings (SSSR count). The lowest BCUT2D eigenvalue weighted by Crippen LogP contribution is -2.45.